The summed E-state index contributed by atoms with van der Waals surface area (Å²) in [5.74, 6) is 2.96. The molecule has 70 heavy (non-hydrogen) atoms. The fourth-order valence-corrected chi connectivity index (χ4v) is 21.7. The molecule has 10 aliphatic rings. The van der Waals surface area contributed by atoms with Crippen molar-refractivity contribution in [3.63, 3.8) is 0 Å². The second-order valence-electron chi connectivity index (χ2n) is 30.5. The number of aliphatic hydroxyl groups is 1. The monoisotopic (exact) mass is 953 g/mol. The molecule has 0 aromatic heterocycles. The second kappa shape index (κ2) is 15.6. The summed E-state index contributed by atoms with van der Waals surface area (Å²) < 4.78 is 0. The lowest BCUT2D eigenvalue weighted by molar-refractivity contribution is -0.226. The Morgan fingerprint density at radius 3 is 1.46 bits per heavy atom. The Bertz CT molecular complexity index is 2450. The standard InChI is InChI=1S/C32H47NO2.C32H45NO2/c2*1-9-32-14-12-27(2,3)18-21(32)25-22(34)16-24-29(6)17-20(19-33)26(35)28(4,5)23(29)10-11-30(24,7)31(25,8)13-15-32/h9,21,23-25,35H,1,10-18H2,2-8H3;9,17,21,23-25H,1,10-16,18H2,2-8H3/t2*21-,23-,24+,25-,29-,30+,31+,32+/m00/s1. The molecule has 10 rings (SSSR count). The van der Waals surface area contributed by atoms with Crippen LogP contribution in [-0.2, 0) is 14.4 Å². The van der Waals surface area contributed by atoms with Gasteiger partial charge in [0.05, 0.1) is 17.2 Å². The number of aliphatic hydroxyl groups excluding tert-OH is 1. The highest BCUT2D eigenvalue weighted by atomic mass is 16.3. The summed E-state index contributed by atoms with van der Waals surface area (Å²) in [5.41, 5.74) is 0.0345. The summed E-state index contributed by atoms with van der Waals surface area (Å²) in [6.45, 7) is 41.0. The van der Waals surface area contributed by atoms with Gasteiger partial charge in [0.25, 0.3) is 0 Å². The molecule has 0 radical (unpaired) electrons. The molecule has 10 aliphatic carbocycles. The molecule has 0 heterocycles. The van der Waals surface area contributed by atoms with E-state index in [0.29, 0.717) is 53.8 Å². The highest BCUT2D eigenvalue weighted by Crippen LogP contribution is 2.78. The smallest absolute Gasteiger partial charge is 0.178 e. The predicted molar refractivity (Wildman–Crippen MR) is 279 cm³/mol. The Morgan fingerprint density at radius 2 is 1.00 bits per heavy atom. The number of hydrogen-bond donors (Lipinski definition) is 1. The van der Waals surface area contributed by atoms with Gasteiger partial charge in [-0.25, -0.2) is 0 Å². The van der Waals surface area contributed by atoms with Crippen molar-refractivity contribution in [2.75, 3.05) is 0 Å². The molecule has 0 spiro atoms. The van der Waals surface area contributed by atoms with Crippen LogP contribution in [0.4, 0.5) is 0 Å². The van der Waals surface area contributed by atoms with Crippen LogP contribution in [0.25, 0.3) is 0 Å². The van der Waals surface area contributed by atoms with Crippen LogP contribution in [0.2, 0.25) is 0 Å². The van der Waals surface area contributed by atoms with E-state index in [4.69, 9.17) is 0 Å². The molecule has 0 aromatic carbocycles. The molecular weight excluding hydrogens is 861 g/mol. The lowest BCUT2D eigenvalue weighted by atomic mass is 9.31. The molecule has 0 bridgehead atoms. The zero-order chi connectivity index (χ0) is 51.6. The number of Topliss-reactive ketones (excluding diaryl/α,β-unsaturated/α-hetero) is 3. The van der Waals surface area contributed by atoms with E-state index in [1.165, 1.54) is 12.8 Å². The van der Waals surface area contributed by atoms with Gasteiger partial charge in [-0.05, 0) is 186 Å². The number of ketones is 3. The van der Waals surface area contributed by atoms with Crippen LogP contribution in [-0.4, -0.2) is 22.5 Å². The molecule has 8 fully saturated rings. The lowest BCUT2D eigenvalue weighted by Crippen LogP contribution is -2.68. The first-order chi connectivity index (χ1) is 32.2. The largest absolute Gasteiger partial charge is 0.511 e. The molecule has 0 unspecified atom stereocenters. The fourth-order valence-electron chi connectivity index (χ4n) is 21.7. The summed E-state index contributed by atoms with van der Waals surface area (Å²) in [4.78, 5) is 41.9. The van der Waals surface area contributed by atoms with Gasteiger partial charge in [0, 0.05) is 35.5 Å². The Morgan fingerprint density at radius 1 is 0.557 bits per heavy atom. The van der Waals surface area contributed by atoms with Gasteiger partial charge in [0.1, 0.15) is 23.4 Å². The van der Waals surface area contributed by atoms with Crippen molar-refractivity contribution >= 4 is 17.3 Å². The van der Waals surface area contributed by atoms with Crippen LogP contribution in [0.5, 0.6) is 0 Å². The molecule has 0 saturated heterocycles. The Hall–Kier alpha value is -3.25. The minimum Gasteiger partial charge on any atom is -0.511 e. The fraction of sp³-hybridized carbons (Fsp3) is 0.797. The minimum atomic E-state index is -0.575. The van der Waals surface area contributed by atoms with Crippen LogP contribution in [0.3, 0.4) is 0 Å². The van der Waals surface area contributed by atoms with Crippen molar-refractivity contribution in [1.82, 2.24) is 0 Å². The molecule has 6 nitrogen and oxygen atoms in total. The molecule has 8 saturated carbocycles. The van der Waals surface area contributed by atoms with E-state index in [1.807, 2.05) is 19.9 Å². The van der Waals surface area contributed by atoms with Crippen molar-refractivity contribution < 1.29 is 19.5 Å². The van der Waals surface area contributed by atoms with Gasteiger partial charge < -0.3 is 5.11 Å². The van der Waals surface area contributed by atoms with E-state index in [9.17, 15) is 30.0 Å². The van der Waals surface area contributed by atoms with E-state index in [-0.39, 0.29) is 101 Å². The summed E-state index contributed by atoms with van der Waals surface area (Å²) in [6, 6.07) is 4.57. The third-order valence-corrected chi connectivity index (χ3v) is 26.2. The highest BCUT2D eigenvalue weighted by Gasteiger charge is 2.74. The number of allylic oxidation sites excluding steroid dienone is 6. The topological polar surface area (TPSA) is 119 Å². The zero-order valence-corrected chi connectivity index (χ0v) is 46.4. The van der Waals surface area contributed by atoms with Gasteiger partial charge >= 0.3 is 0 Å². The number of rotatable bonds is 2. The summed E-state index contributed by atoms with van der Waals surface area (Å²) >= 11 is 0. The minimum absolute atomic E-state index is 0.000714. The van der Waals surface area contributed by atoms with Gasteiger partial charge in [-0.1, -0.05) is 115 Å². The van der Waals surface area contributed by atoms with Gasteiger partial charge in [-0.2, -0.15) is 10.5 Å². The molecule has 0 aromatic rings. The Kier molecular flexibility index (Phi) is 11.5. The number of hydrogen-bond acceptors (Lipinski definition) is 6. The van der Waals surface area contributed by atoms with Crippen molar-refractivity contribution in [2.45, 2.75) is 206 Å². The molecule has 0 aliphatic heterocycles. The Balaban J connectivity index is 0.000000174. The van der Waals surface area contributed by atoms with E-state index < -0.39 is 10.8 Å². The summed E-state index contributed by atoms with van der Waals surface area (Å²) in [5, 5.41) is 30.8. The predicted octanol–water partition coefficient (Wildman–Crippen LogP) is 15.7. The lowest BCUT2D eigenvalue weighted by Gasteiger charge is -2.72. The highest BCUT2D eigenvalue weighted by molar-refractivity contribution is 6.04. The summed E-state index contributed by atoms with van der Waals surface area (Å²) in [6.07, 6.45) is 23.9. The first-order valence-corrected chi connectivity index (χ1v) is 28.1. The molecule has 382 valence electrons. The van der Waals surface area contributed by atoms with Crippen molar-refractivity contribution in [3.05, 3.63) is 48.3 Å². The maximum absolute atomic E-state index is 14.4. The van der Waals surface area contributed by atoms with Crippen molar-refractivity contribution in [1.29, 1.82) is 10.5 Å². The maximum atomic E-state index is 14.4. The van der Waals surface area contributed by atoms with Crippen molar-refractivity contribution in [2.24, 2.45) is 112 Å². The number of carbonyl (C=O) groups is 3. The van der Waals surface area contributed by atoms with E-state index in [1.54, 1.807) is 0 Å². The summed E-state index contributed by atoms with van der Waals surface area (Å²) in [7, 11) is 0. The number of nitrogens with zero attached hydrogens (tertiary/aromatic N) is 2. The van der Waals surface area contributed by atoms with Crippen molar-refractivity contribution in [3.8, 4) is 12.1 Å². The SMILES string of the molecule is C=C[C@]12CCC(C)(C)C[C@H]1[C@H]1C(=O)C[C@@H]3[C@@]4(C)C=C(C#N)C(=O)C(C)(C)[C@@H]4CC[C@@]3(C)[C@]1(C)CC2.C=C[C@]12CCC(C)(C)C[C@H]1[C@H]1C(=O)C[C@@H]3[C@@]4(C)CC(C#N)=C(O)C(C)(C)[C@@H]4CC[C@@]3(C)[C@]1(C)CC2. The number of fused-ring (bicyclic) bond motifs is 14. The third kappa shape index (κ3) is 6.53. The Labute approximate surface area is 424 Å². The van der Waals surface area contributed by atoms with Gasteiger partial charge in [-0.3, -0.25) is 14.4 Å². The quantitative estimate of drug-likeness (QED) is 0.275. The van der Waals surface area contributed by atoms with Gasteiger partial charge in [0.15, 0.2) is 5.78 Å². The molecule has 0 amide bonds. The van der Waals surface area contributed by atoms with Crippen LogP contribution in [0, 0.1) is 135 Å². The average molecular weight is 953 g/mol. The van der Waals surface area contributed by atoms with E-state index in [0.717, 1.165) is 77.0 Å². The molecule has 1 N–H and O–H groups in total. The van der Waals surface area contributed by atoms with Gasteiger partial charge in [-0.15, -0.1) is 13.2 Å². The second-order valence-corrected chi connectivity index (χ2v) is 30.5. The normalized spacial score (nSPS) is 50.1. The van der Waals surface area contributed by atoms with Crippen LogP contribution < -0.4 is 0 Å². The average Bonchev–Trinajstić information content (AvgIpc) is 3.28. The molecule has 6 heteroatoms. The van der Waals surface area contributed by atoms with Crippen LogP contribution in [0.15, 0.2) is 48.3 Å². The first-order valence-electron chi connectivity index (χ1n) is 28.1. The van der Waals surface area contributed by atoms with Crippen LogP contribution in [0.1, 0.15) is 206 Å². The molecule has 16 atom stereocenters. The third-order valence-electron chi connectivity index (χ3n) is 26.2. The van der Waals surface area contributed by atoms with Crippen LogP contribution >= 0.6 is 0 Å². The van der Waals surface area contributed by atoms with E-state index in [2.05, 4.69) is 121 Å². The van der Waals surface area contributed by atoms with E-state index >= 15 is 0 Å². The van der Waals surface area contributed by atoms with Gasteiger partial charge in [0.2, 0.25) is 0 Å². The first kappa shape index (κ1) is 51.6. The number of carbonyl (C=O) groups excluding carboxylic acids is 3. The molecular formula is C64H92N2O4. The maximum Gasteiger partial charge on any atom is 0.178 e. The zero-order valence-electron chi connectivity index (χ0n) is 46.4. The number of nitriles is 2.